The Morgan fingerprint density at radius 1 is 1.05 bits per heavy atom. The summed E-state index contributed by atoms with van der Waals surface area (Å²) >= 11 is 0. The SMILES string of the molecule is CC(C)[NH+]=C(NS(=O)(=O)c1ccccc1)c1ccccc1F. The minimum atomic E-state index is -3.79. The van der Waals surface area contributed by atoms with Gasteiger partial charge in [0.25, 0.3) is 5.84 Å². The largest absolute Gasteiger partial charge is 0.328 e. The van der Waals surface area contributed by atoms with E-state index in [9.17, 15) is 12.8 Å². The smallest absolute Gasteiger partial charge is 0.271 e. The molecule has 2 rings (SSSR count). The number of rotatable bonds is 4. The molecule has 0 aromatic heterocycles. The second kappa shape index (κ2) is 6.70. The number of sulfonamides is 1. The van der Waals surface area contributed by atoms with Crippen LogP contribution >= 0.6 is 0 Å². The standard InChI is InChI=1S/C16H17FN2O2S/c1-12(2)18-16(14-10-6-7-11-15(14)17)19-22(20,21)13-8-4-3-5-9-13/h3-12H,1-2H3,(H,18,19)/p+1. The number of amidine groups is 1. The number of halogens is 1. The summed E-state index contributed by atoms with van der Waals surface area (Å²) in [7, 11) is -3.79. The summed E-state index contributed by atoms with van der Waals surface area (Å²) in [6.45, 7) is 3.69. The van der Waals surface area contributed by atoms with E-state index < -0.39 is 15.8 Å². The van der Waals surface area contributed by atoms with Gasteiger partial charge in [0.1, 0.15) is 10.7 Å². The molecule has 22 heavy (non-hydrogen) atoms. The summed E-state index contributed by atoms with van der Waals surface area (Å²) in [6.07, 6.45) is 0. The van der Waals surface area contributed by atoms with Crippen molar-refractivity contribution in [3.05, 3.63) is 66.0 Å². The van der Waals surface area contributed by atoms with Gasteiger partial charge in [-0.05, 0) is 38.1 Å². The zero-order valence-corrected chi connectivity index (χ0v) is 13.2. The molecular weight excluding hydrogens is 303 g/mol. The van der Waals surface area contributed by atoms with Gasteiger partial charge in [-0.1, -0.05) is 30.3 Å². The molecule has 0 heterocycles. The number of nitrogens with one attached hydrogen (secondary N) is 2. The summed E-state index contributed by atoms with van der Waals surface area (Å²) in [4.78, 5) is 3.07. The summed E-state index contributed by atoms with van der Waals surface area (Å²) < 4.78 is 41.2. The maximum Gasteiger partial charge on any atom is 0.328 e. The third kappa shape index (κ3) is 3.92. The number of benzene rings is 2. The lowest BCUT2D eigenvalue weighted by molar-refractivity contribution is -0.494. The quantitative estimate of drug-likeness (QED) is 0.653. The molecule has 0 aliphatic carbocycles. The summed E-state index contributed by atoms with van der Waals surface area (Å²) in [5.41, 5.74) is 0.177. The van der Waals surface area contributed by atoms with E-state index in [1.54, 1.807) is 30.3 Å². The van der Waals surface area contributed by atoms with E-state index in [2.05, 4.69) is 9.71 Å². The lowest BCUT2D eigenvalue weighted by Gasteiger charge is -2.07. The van der Waals surface area contributed by atoms with Crippen molar-refractivity contribution in [3.8, 4) is 0 Å². The minimum Gasteiger partial charge on any atom is -0.271 e. The lowest BCUT2D eigenvalue weighted by atomic mass is 10.2. The van der Waals surface area contributed by atoms with Crippen LogP contribution in [-0.4, -0.2) is 20.3 Å². The van der Waals surface area contributed by atoms with Gasteiger partial charge in [-0.25, -0.2) is 4.39 Å². The molecule has 4 nitrogen and oxygen atoms in total. The van der Waals surface area contributed by atoms with Crippen LogP contribution in [0, 0.1) is 5.82 Å². The Kier molecular flexibility index (Phi) is 4.92. The first-order valence-corrected chi connectivity index (χ1v) is 8.35. The predicted octanol–water partition coefficient (Wildman–Crippen LogP) is 1.04. The van der Waals surface area contributed by atoms with Gasteiger partial charge in [-0.2, -0.15) is 13.1 Å². The Morgan fingerprint density at radius 2 is 1.64 bits per heavy atom. The van der Waals surface area contributed by atoms with Crippen LogP contribution in [0.1, 0.15) is 19.4 Å². The first kappa shape index (κ1) is 16.2. The zero-order chi connectivity index (χ0) is 16.2. The summed E-state index contributed by atoms with van der Waals surface area (Å²) in [6, 6.07) is 13.9. The molecule has 2 N–H and O–H groups in total. The van der Waals surface area contributed by atoms with Gasteiger partial charge in [0.05, 0.1) is 11.6 Å². The fraction of sp³-hybridized carbons (Fsp3) is 0.188. The summed E-state index contributed by atoms with van der Waals surface area (Å²) in [5, 5.41) is 0. The average Bonchev–Trinajstić information content (AvgIpc) is 2.47. The van der Waals surface area contributed by atoms with Crippen molar-refractivity contribution in [1.82, 2.24) is 4.72 Å². The summed E-state index contributed by atoms with van der Waals surface area (Å²) in [5.74, 6) is -0.377. The van der Waals surface area contributed by atoms with Crippen molar-refractivity contribution in [3.63, 3.8) is 0 Å². The Hall–Kier alpha value is -2.21. The van der Waals surface area contributed by atoms with Crippen LogP contribution in [-0.2, 0) is 10.0 Å². The highest BCUT2D eigenvalue weighted by molar-refractivity contribution is 7.90. The average molecular weight is 321 g/mol. The van der Waals surface area contributed by atoms with E-state index in [1.165, 1.54) is 24.3 Å². The molecular formula is C16H18FN2O2S+. The van der Waals surface area contributed by atoms with Gasteiger partial charge in [0.15, 0.2) is 0 Å². The van der Waals surface area contributed by atoms with Gasteiger partial charge in [-0.15, -0.1) is 0 Å². The minimum absolute atomic E-state index is 0.0620. The number of hydrogen-bond acceptors (Lipinski definition) is 2. The molecule has 0 aliphatic heterocycles. The molecule has 0 saturated carbocycles. The van der Waals surface area contributed by atoms with Crippen LogP contribution in [0.25, 0.3) is 0 Å². The van der Waals surface area contributed by atoms with Gasteiger partial charge in [-0.3, -0.25) is 4.99 Å². The van der Waals surface area contributed by atoms with Gasteiger partial charge < -0.3 is 0 Å². The van der Waals surface area contributed by atoms with E-state index in [4.69, 9.17) is 0 Å². The number of hydrogen-bond donors (Lipinski definition) is 2. The highest BCUT2D eigenvalue weighted by Crippen LogP contribution is 2.10. The van der Waals surface area contributed by atoms with Gasteiger partial charge in [0.2, 0.25) is 0 Å². The molecule has 6 heteroatoms. The Morgan fingerprint density at radius 3 is 2.23 bits per heavy atom. The predicted molar refractivity (Wildman–Crippen MR) is 83.4 cm³/mol. The molecule has 0 fully saturated rings. The fourth-order valence-electron chi connectivity index (χ4n) is 1.91. The topological polar surface area (TPSA) is 60.1 Å². The van der Waals surface area contributed by atoms with E-state index in [0.717, 1.165) is 0 Å². The molecule has 116 valence electrons. The van der Waals surface area contributed by atoms with Crippen LogP contribution in [0.15, 0.2) is 59.5 Å². The van der Waals surface area contributed by atoms with Crippen molar-refractivity contribution < 1.29 is 17.8 Å². The molecule has 0 amide bonds. The Balaban J connectivity index is 2.43. The van der Waals surface area contributed by atoms with Crippen LogP contribution in [0.5, 0.6) is 0 Å². The molecule has 0 aliphatic rings. The first-order valence-electron chi connectivity index (χ1n) is 6.86. The maximum absolute atomic E-state index is 14.0. The normalized spacial score (nSPS) is 12.5. The molecule has 0 spiro atoms. The van der Waals surface area contributed by atoms with Crippen LogP contribution in [0.3, 0.4) is 0 Å². The van der Waals surface area contributed by atoms with Gasteiger partial charge >= 0.3 is 10.0 Å². The van der Waals surface area contributed by atoms with E-state index in [1.807, 2.05) is 13.8 Å². The highest BCUT2D eigenvalue weighted by Gasteiger charge is 2.25. The van der Waals surface area contributed by atoms with Crippen LogP contribution in [0.2, 0.25) is 0 Å². The van der Waals surface area contributed by atoms with Crippen LogP contribution < -0.4 is 9.71 Å². The van der Waals surface area contributed by atoms with E-state index >= 15 is 0 Å². The van der Waals surface area contributed by atoms with Crippen molar-refractivity contribution in [2.24, 2.45) is 0 Å². The fourth-order valence-corrected chi connectivity index (χ4v) is 2.98. The van der Waals surface area contributed by atoms with Crippen molar-refractivity contribution >= 4 is 15.9 Å². The monoisotopic (exact) mass is 321 g/mol. The van der Waals surface area contributed by atoms with Crippen molar-refractivity contribution in [2.45, 2.75) is 24.8 Å². The van der Waals surface area contributed by atoms with E-state index in [-0.39, 0.29) is 22.3 Å². The third-order valence-corrected chi connectivity index (χ3v) is 4.23. The van der Waals surface area contributed by atoms with Crippen LogP contribution in [0.4, 0.5) is 4.39 Å². The molecule has 0 bridgehead atoms. The second-order valence-corrected chi connectivity index (χ2v) is 6.75. The van der Waals surface area contributed by atoms with E-state index in [0.29, 0.717) is 0 Å². The first-order chi connectivity index (χ1) is 10.4. The van der Waals surface area contributed by atoms with Crippen molar-refractivity contribution in [2.75, 3.05) is 0 Å². The molecule has 0 atom stereocenters. The molecule has 2 aromatic rings. The zero-order valence-electron chi connectivity index (χ0n) is 12.4. The third-order valence-electron chi connectivity index (χ3n) is 2.87. The van der Waals surface area contributed by atoms with Crippen molar-refractivity contribution in [1.29, 1.82) is 0 Å². The Bertz CT molecular complexity index is 772. The molecule has 0 radical (unpaired) electrons. The highest BCUT2D eigenvalue weighted by atomic mass is 32.2. The maximum atomic E-state index is 14.0. The lowest BCUT2D eigenvalue weighted by Crippen LogP contribution is -2.81. The molecule has 2 aromatic carbocycles. The van der Waals surface area contributed by atoms with Gasteiger partial charge in [0, 0.05) is 0 Å². The second-order valence-electron chi connectivity index (χ2n) is 5.07. The molecule has 0 unspecified atom stereocenters. The molecule has 0 saturated heterocycles. The Labute approximate surface area is 129 Å².